The summed E-state index contributed by atoms with van der Waals surface area (Å²) in [4.78, 5) is 29.5. The van der Waals surface area contributed by atoms with Crippen molar-refractivity contribution in [2.24, 2.45) is 11.8 Å². The summed E-state index contributed by atoms with van der Waals surface area (Å²) in [5.74, 6) is 0.823. The number of amides is 1. The number of aromatic nitrogens is 2. The fraction of sp³-hybridized carbons (Fsp3) is 0.333. The molecule has 2 aliphatic rings. The molecule has 0 aliphatic heterocycles. The summed E-state index contributed by atoms with van der Waals surface area (Å²) < 4.78 is 28.4. The van der Waals surface area contributed by atoms with E-state index >= 15 is 0 Å². The van der Waals surface area contributed by atoms with Crippen LogP contribution >= 0.6 is 0 Å². The number of benzene rings is 2. The molecule has 2 fully saturated rings. The molecule has 0 atom stereocenters. The zero-order valence-corrected chi connectivity index (χ0v) is 17.0. The number of imidazole rings is 1. The second-order valence-electron chi connectivity index (χ2n) is 8.11. The van der Waals surface area contributed by atoms with E-state index in [0.29, 0.717) is 28.4 Å². The highest BCUT2D eigenvalue weighted by Crippen LogP contribution is 2.44. The topological polar surface area (TPSA) is 124 Å². The van der Waals surface area contributed by atoms with Crippen LogP contribution in [0.5, 0.6) is 0 Å². The predicted octanol–water partition coefficient (Wildman–Crippen LogP) is 2.58. The van der Waals surface area contributed by atoms with Gasteiger partial charge in [-0.2, -0.15) is 0 Å². The van der Waals surface area contributed by atoms with Crippen LogP contribution in [-0.4, -0.2) is 30.3 Å². The van der Waals surface area contributed by atoms with Crippen LogP contribution in [0.3, 0.4) is 0 Å². The minimum atomic E-state index is -3.95. The summed E-state index contributed by atoms with van der Waals surface area (Å²) in [6.07, 6.45) is 4.55. The van der Waals surface area contributed by atoms with Gasteiger partial charge in [0.05, 0.1) is 27.2 Å². The van der Waals surface area contributed by atoms with Crippen molar-refractivity contribution in [3.05, 3.63) is 58.5 Å². The first kappa shape index (κ1) is 18.9. The minimum absolute atomic E-state index is 0.00528. The van der Waals surface area contributed by atoms with Gasteiger partial charge < -0.3 is 15.3 Å². The number of H-pyrrole nitrogens is 2. The summed E-state index contributed by atoms with van der Waals surface area (Å²) >= 11 is 0. The van der Waals surface area contributed by atoms with Crippen LogP contribution in [0.15, 0.2) is 52.2 Å². The average molecular weight is 426 g/mol. The lowest BCUT2D eigenvalue weighted by Gasteiger charge is -2.19. The van der Waals surface area contributed by atoms with E-state index in [0.717, 1.165) is 25.7 Å². The van der Waals surface area contributed by atoms with Crippen molar-refractivity contribution < 1.29 is 13.2 Å². The minimum Gasteiger partial charge on any atom is -0.349 e. The highest BCUT2D eigenvalue weighted by Gasteiger charge is 2.42. The average Bonchev–Trinajstić information content (AvgIpc) is 3.62. The summed E-state index contributed by atoms with van der Waals surface area (Å²) in [7, 11) is -3.95. The number of hydrogen-bond donors (Lipinski definition) is 4. The Morgan fingerprint density at radius 3 is 2.33 bits per heavy atom. The number of para-hydroxylation sites is 1. The van der Waals surface area contributed by atoms with E-state index in [-0.39, 0.29) is 22.5 Å². The van der Waals surface area contributed by atoms with Crippen molar-refractivity contribution in [1.29, 1.82) is 0 Å². The van der Waals surface area contributed by atoms with Crippen LogP contribution in [0.25, 0.3) is 11.0 Å². The Balaban J connectivity index is 1.41. The fourth-order valence-electron chi connectivity index (χ4n) is 3.91. The maximum absolute atomic E-state index is 13.0. The molecule has 2 saturated carbocycles. The van der Waals surface area contributed by atoms with Crippen LogP contribution in [0.2, 0.25) is 0 Å². The first-order chi connectivity index (χ1) is 14.4. The normalized spacial score (nSPS) is 16.7. The van der Waals surface area contributed by atoms with Crippen molar-refractivity contribution in [3.63, 3.8) is 0 Å². The lowest BCUT2D eigenvalue weighted by Crippen LogP contribution is -2.38. The summed E-state index contributed by atoms with van der Waals surface area (Å²) in [5, 5.41) is 3.13. The molecule has 3 aromatic rings. The van der Waals surface area contributed by atoms with Gasteiger partial charge in [0.15, 0.2) is 0 Å². The van der Waals surface area contributed by atoms with Gasteiger partial charge in [-0.1, -0.05) is 12.1 Å². The van der Waals surface area contributed by atoms with Crippen LogP contribution in [0.1, 0.15) is 36.0 Å². The molecule has 0 spiro atoms. The smallest absolute Gasteiger partial charge is 0.323 e. The SMILES string of the molecule is O=C(NC(C1CC1)C1CC1)c1ccccc1NS(=O)(=O)c1ccc2[nH]c(=O)[nH]c2c1. The number of anilines is 1. The number of aromatic amines is 2. The molecule has 1 aromatic heterocycles. The van der Waals surface area contributed by atoms with Crippen molar-refractivity contribution in [3.8, 4) is 0 Å². The Morgan fingerprint density at radius 1 is 0.967 bits per heavy atom. The molecule has 2 aromatic carbocycles. The predicted molar refractivity (Wildman–Crippen MR) is 113 cm³/mol. The largest absolute Gasteiger partial charge is 0.349 e. The summed E-state index contributed by atoms with van der Waals surface area (Å²) in [6, 6.07) is 11.1. The zero-order valence-electron chi connectivity index (χ0n) is 16.1. The first-order valence-corrected chi connectivity index (χ1v) is 11.5. The monoisotopic (exact) mass is 426 g/mol. The molecular weight excluding hydrogens is 404 g/mol. The summed E-state index contributed by atoms with van der Waals surface area (Å²) in [5.41, 5.74) is 1.03. The van der Waals surface area contributed by atoms with Gasteiger partial charge >= 0.3 is 5.69 Å². The molecule has 1 amide bonds. The standard InChI is InChI=1S/C21H22N4O4S/c26-20(24-19(12-5-6-12)13-7-8-13)15-3-1-2-4-16(15)25-30(28,29)14-9-10-17-18(11-14)23-21(27)22-17/h1-4,9-13,19,25H,5-8H2,(H,24,26)(H2,22,23,27). The van der Waals surface area contributed by atoms with E-state index in [1.807, 2.05) is 0 Å². The Bertz CT molecular complexity index is 1270. The van der Waals surface area contributed by atoms with Gasteiger partial charge in [0, 0.05) is 6.04 Å². The number of rotatable bonds is 7. The maximum atomic E-state index is 13.0. The Kier molecular flexibility index (Phi) is 4.43. The molecule has 5 rings (SSSR count). The van der Waals surface area contributed by atoms with Crippen molar-refractivity contribution in [2.45, 2.75) is 36.6 Å². The highest BCUT2D eigenvalue weighted by atomic mass is 32.2. The molecule has 4 N–H and O–H groups in total. The number of nitrogens with one attached hydrogen (secondary N) is 4. The quantitative estimate of drug-likeness (QED) is 0.463. The van der Waals surface area contributed by atoms with E-state index < -0.39 is 15.7 Å². The van der Waals surface area contributed by atoms with Gasteiger partial charge in [0.25, 0.3) is 15.9 Å². The number of sulfonamides is 1. The molecular formula is C21H22N4O4S. The Hall–Kier alpha value is -3.07. The van der Waals surface area contributed by atoms with Gasteiger partial charge in [-0.05, 0) is 67.9 Å². The number of hydrogen-bond acceptors (Lipinski definition) is 4. The molecule has 156 valence electrons. The van der Waals surface area contributed by atoms with E-state index in [9.17, 15) is 18.0 Å². The fourth-order valence-corrected chi connectivity index (χ4v) is 5.02. The molecule has 0 bridgehead atoms. The maximum Gasteiger partial charge on any atom is 0.323 e. The molecule has 2 aliphatic carbocycles. The molecule has 1 heterocycles. The summed E-state index contributed by atoms with van der Waals surface area (Å²) in [6.45, 7) is 0. The Labute approximate surface area is 173 Å². The van der Waals surface area contributed by atoms with Gasteiger partial charge in [-0.15, -0.1) is 0 Å². The van der Waals surface area contributed by atoms with E-state index in [1.165, 1.54) is 18.2 Å². The van der Waals surface area contributed by atoms with E-state index in [4.69, 9.17) is 0 Å². The van der Waals surface area contributed by atoms with Crippen LogP contribution in [0.4, 0.5) is 5.69 Å². The van der Waals surface area contributed by atoms with Crippen molar-refractivity contribution in [2.75, 3.05) is 4.72 Å². The van der Waals surface area contributed by atoms with Gasteiger partial charge in [0.1, 0.15) is 0 Å². The van der Waals surface area contributed by atoms with Crippen molar-refractivity contribution in [1.82, 2.24) is 15.3 Å². The molecule has 9 heteroatoms. The van der Waals surface area contributed by atoms with Crippen LogP contribution in [0, 0.1) is 11.8 Å². The molecule has 8 nitrogen and oxygen atoms in total. The lowest BCUT2D eigenvalue weighted by atomic mass is 10.1. The van der Waals surface area contributed by atoms with Crippen molar-refractivity contribution >= 4 is 32.7 Å². The number of carbonyl (C=O) groups is 1. The molecule has 30 heavy (non-hydrogen) atoms. The molecule has 0 saturated heterocycles. The number of carbonyl (C=O) groups excluding carboxylic acids is 1. The van der Waals surface area contributed by atoms with Crippen LogP contribution in [-0.2, 0) is 10.0 Å². The van der Waals surface area contributed by atoms with Gasteiger partial charge in [0.2, 0.25) is 0 Å². The lowest BCUT2D eigenvalue weighted by molar-refractivity contribution is 0.0927. The zero-order chi connectivity index (χ0) is 20.9. The highest BCUT2D eigenvalue weighted by molar-refractivity contribution is 7.92. The first-order valence-electron chi connectivity index (χ1n) is 10.1. The third kappa shape index (κ3) is 3.72. The van der Waals surface area contributed by atoms with Crippen LogP contribution < -0.4 is 15.7 Å². The van der Waals surface area contributed by atoms with E-state index in [2.05, 4.69) is 20.0 Å². The van der Waals surface area contributed by atoms with Gasteiger partial charge in [-0.3, -0.25) is 9.52 Å². The second kappa shape index (κ2) is 7.02. The number of fused-ring (bicyclic) bond motifs is 1. The van der Waals surface area contributed by atoms with E-state index in [1.54, 1.807) is 24.3 Å². The molecule has 0 unspecified atom stereocenters. The molecule has 0 radical (unpaired) electrons. The Morgan fingerprint density at radius 2 is 1.63 bits per heavy atom. The second-order valence-corrected chi connectivity index (χ2v) is 9.79. The third-order valence-corrected chi connectivity index (χ3v) is 7.13. The van der Waals surface area contributed by atoms with Gasteiger partial charge in [-0.25, -0.2) is 13.2 Å². The third-order valence-electron chi connectivity index (χ3n) is 5.77.